The van der Waals surface area contributed by atoms with Gasteiger partial charge in [0.15, 0.2) is 0 Å². The number of nitrogens with zero attached hydrogens (tertiary/aromatic N) is 3. The minimum absolute atomic E-state index is 0.0181. The molecule has 0 fully saturated rings. The van der Waals surface area contributed by atoms with Crippen molar-refractivity contribution < 1.29 is 13.5 Å². The zero-order valence-electron chi connectivity index (χ0n) is 11.2. The summed E-state index contributed by atoms with van der Waals surface area (Å²) in [5.41, 5.74) is 0.0109. The zero-order valence-corrected chi connectivity index (χ0v) is 11.2. The van der Waals surface area contributed by atoms with Crippen LogP contribution >= 0.6 is 0 Å². The highest BCUT2D eigenvalue weighted by molar-refractivity contribution is 5.31. The van der Waals surface area contributed by atoms with E-state index in [2.05, 4.69) is 5.10 Å². The summed E-state index contributed by atoms with van der Waals surface area (Å²) in [5, 5.41) is 15.6. The van der Waals surface area contributed by atoms with Crippen LogP contribution in [0.2, 0.25) is 0 Å². The van der Waals surface area contributed by atoms with Crippen LogP contribution in [-0.4, -0.2) is 9.78 Å². The maximum atomic E-state index is 12.7. The van der Waals surface area contributed by atoms with Crippen molar-refractivity contribution in [2.24, 2.45) is 0 Å². The Balaban J connectivity index is 2.73. The highest BCUT2D eigenvalue weighted by atomic mass is 19.3. The Labute approximate surface area is 113 Å². The van der Waals surface area contributed by atoms with Crippen molar-refractivity contribution >= 4 is 0 Å². The molecule has 0 bridgehead atoms. The van der Waals surface area contributed by atoms with Gasteiger partial charge in [-0.05, 0) is 32.4 Å². The van der Waals surface area contributed by atoms with Gasteiger partial charge in [0, 0.05) is 5.56 Å². The van der Waals surface area contributed by atoms with Gasteiger partial charge >= 0.3 is 11.4 Å². The maximum Gasteiger partial charge on any atom is 0.362 e. The molecule has 7 heteroatoms. The smallest absolute Gasteiger partial charge is 0.362 e. The Morgan fingerprint density at radius 1 is 1.35 bits per heavy atom. The Hall–Kier alpha value is -2.31. The number of hydrogen-bond acceptors (Lipinski definition) is 3. The second kappa shape index (κ2) is 4.99. The summed E-state index contributed by atoms with van der Waals surface area (Å²) < 4.78 is 26.8. The lowest BCUT2D eigenvalue weighted by atomic mass is 10.2. The number of pyridine rings is 1. The Morgan fingerprint density at radius 3 is 2.55 bits per heavy atom. The number of aryl methyl sites for hydroxylation is 2. The maximum absolute atomic E-state index is 12.7. The van der Waals surface area contributed by atoms with Crippen molar-refractivity contribution in [1.82, 2.24) is 9.78 Å². The van der Waals surface area contributed by atoms with Gasteiger partial charge in [-0.25, -0.2) is 18.3 Å². The van der Waals surface area contributed by atoms with E-state index in [1.165, 1.54) is 13.1 Å². The molecule has 2 heterocycles. The number of halogens is 2. The molecule has 0 unspecified atom stereocenters. The van der Waals surface area contributed by atoms with Gasteiger partial charge < -0.3 is 5.21 Å². The molecule has 0 aliphatic heterocycles. The molecule has 5 nitrogen and oxygen atoms in total. The molecule has 0 saturated carbocycles. The molecule has 0 amide bonds. The largest absolute Gasteiger partial charge is 0.711 e. The van der Waals surface area contributed by atoms with Crippen molar-refractivity contribution in [3.05, 3.63) is 56.3 Å². The molecule has 0 spiro atoms. The summed E-state index contributed by atoms with van der Waals surface area (Å²) in [6, 6.07) is 1.72. The van der Waals surface area contributed by atoms with Gasteiger partial charge in [-0.2, -0.15) is 0 Å². The summed E-state index contributed by atoms with van der Waals surface area (Å²) in [6.45, 7) is 4.69. The minimum atomic E-state index is -2.77. The lowest BCUT2D eigenvalue weighted by molar-refractivity contribution is -0.601. The molecule has 0 N–H and O–H groups in total. The number of aromatic nitrogens is 3. The van der Waals surface area contributed by atoms with Gasteiger partial charge in [0.05, 0.1) is 23.5 Å². The van der Waals surface area contributed by atoms with E-state index in [1.54, 1.807) is 19.9 Å². The Morgan fingerprint density at radius 2 is 2.00 bits per heavy atom. The van der Waals surface area contributed by atoms with E-state index in [0.29, 0.717) is 10.3 Å². The van der Waals surface area contributed by atoms with Gasteiger partial charge in [0.25, 0.3) is 6.43 Å². The van der Waals surface area contributed by atoms with E-state index < -0.39 is 17.5 Å². The Bertz CT molecular complexity index is 703. The zero-order chi connectivity index (χ0) is 15.0. The standard InChI is InChI=1S/C13H13F2N3O2/c1-7-4-8(2)12(17(20)6-7)18-13(19)9(3)10(5-16-18)11(14)15/h4-6,11H,1-3H3. The number of hydrogen-bond donors (Lipinski definition) is 0. The third-order valence-corrected chi connectivity index (χ3v) is 3.02. The molecule has 0 aliphatic carbocycles. The normalized spacial score (nSPS) is 11.1. The molecule has 0 atom stereocenters. The second-order valence-electron chi connectivity index (χ2n) is 4.59. The molecule has 0 saturated heterocycles. The van der Waals surface area contributed by atoms with Gasteiger partial charge in [-0.3, -0.25) is 0 Å². The van der Waals surface area contributed by atoms with E-state index in [-0.39, 0.29) is 11.4 Å². The van der Waals surface area contributed by atoms with Crippen molar-refractivity contribution in [3.8, 4) is 5.82 Å². The first-order chi connectivity index (χ1) is 9.32. The van der Waals surface area contributed by atoms with Gasteiger partial charge in [-0.1, -0.05) is 9.78 Å². The van der Waals surface area contributed by atoms with Crippen molar-refractivity contribution in [2.45, 2.75) is 27.2 Å². The van der Waals surface area contributed by atoms with Crippen molar-refractivity contribution in [1.29, 1.82) is 0 Å². The van der Waals surface area contributed by atoms with Gasteiger partial charge in [0.2, 0.25) is 0 Å². The molecule has 0 aromatic carbocycles. The van der Waals surface area contributed by atoms with Crippen LogP contribution in [0.25, 0.3) is 5.82 Å². The molecule has 2 aromatic rings. The first-order valence-corrected chi connectivity index (χ1v) is 5.90. The highest BCUT2D eigenvalue weighted by Crippen LogP contribution is 2.19. The molecule has 2 rings (SSSR count). The van der Waals surface area contributed by atoms with E-state index in [1.807, 2.05) is 0 Å². The van der Waals surface area contributed by atoms with E-state index >= 15 is 0 Å². The average molecular weight is 281 g/mol. The fraction of sp³-hybridized carbons (Fsp3) is 0.308. The Kier molecular flexibility index (Phi) is 3.52. The van der Waals surface area contributed by atoms with Crippen LogP contribution in [0.15, 0.2) is 23.3 Å². The van der Waals surface area contributed by atoms with Crippen LogP contribution in [0.1, 0.15) is 28.7 Å². The summed E-state index contributed by atoms with van der Waals surface area (Å²) in [6.07, 6.45) is -0.559. The molecule has 106 valence electrons. The van der Waals surface area contributed by atoms with Crippen LogP contribution in [-0.2, 0) is 0 Å². The average Bonchev–Trinajstić information content (AvgIpc) is 2.32. The van der Waals surface area contributed by atoms with E-state index in [4.69, 9.17) is 0 Å². The van der Waals surface area contributed by atoms with Crippen LogP contribution in [0, 0.1) is 26.0 Å². The van der Waals surface area contributed by atoms with Gasteiger partial charge in [0.1, 0.15) is 0 Å². The molecule has 2 aromatic heterocycles. The lowest BCUT2D eigenvalue weighted by Gasteiger charge is -2.11. The third-order valence-electron chi connectivity index (χ3n) is 3.02. The van der Waals surface area contributed by atoms with Gasteiger partial charge in [-0.15, -0.1) is 0 Å². The van der Waals surface area contributed by atoms with Crippen LogP contribution < -0.4 is 10.3 Å². The SMILES string of the molecule is Cc1cc(C)c(-n2ncc(C(F)F)c(C)c2=O)[n+]([O-])c1. The van der Waals surface area contributed by atoms with E-state index in [0.717, 1.165) is 16.4 Å². The molecule has 20 heavy (non-hydrogen) atoms. The molecular formula is C13H13F2N3O2. The van der Waals surface area contributed by atoms with Crippen LogP contribution in [0.5, 0.6) is 0 Å². The first-order valence-electron chi connectivity index (χ1n) is 5.90. The summed E-state index contributed by atoms with van der Waals surface area (Å²) >= 11 is 0. The van der Waals surface area contributed by atoms with E-state index in [9.17, 15) is 18.8 Å². The highest BCUT2D eigenvalue weighted by Gasteiger charge is 2.22. The quantitative estimate of drug-likeness (QED) is 0.622. The second-order valence-corrected chi connectivity index (χ2v) is 4.59. The van der Waals surface area contributed by atoms with Crippen molar-refractivity contribution in [2.75, 3.05) is 0 Å². The summed E-state index contributed by atoms with van der Waals surface area (Å²) in [4.78, 5) is 12.1. The predicted molar refractivity (Wildman–Crippen MR) is 68.0 cm³/mol. The molecular weight excluding hydrogens is 268 g/mol. The first kappa shape index (κ1) is 14.1. The third kappa shape index (κ3) is 2.26. The number of rotatable bonds is 2. The van der Waals surface area contributed by atoms with Crippen molar-refractivity contribution in [3.63, 3.8) is 0 Å². The van der Waals surface area contributed by atoms with Crippen LogP contribution in [0.4, 0.5) is 8.78 Å². The summed E-state index contributed by atoms with van der Waals surface area (Å²) in [5.74, 6) is 0.0181. The fourth-order valence-corrected chi connectivity index (χ4v) is 2.05. The van der Waals surface area contributed by atoms with Crippen LogP contribution in [0.3, 0.4) is 0 Å². The minimum Gasteiger partial charge on any atom is -0.711 e. The monoisotopic (exact) mass is 281 g/mol. The predicted octanol–water partition coefficient (Wildman–Crippen LogP) is 1.73. The molecule has 0 radical (unpaired) electrons. The lowest BCUT2D eigenvalue weighted by Crippen LogP contribution is -2.39. The summed E-state index contributed by atoms with van der Waals surface area (Å²) in [7, 11) is 0. The number of alkyl halides is 2. The topological polar surface area (TPSA) is 61.8 Å². The fourth-order valence-electron chi connectivity index (χ4n) is 2.05. The molecule has 0 aliphatic rings.